The number of aliphatic hydroxyl groups excluding tert-OH is 1. The monoisotopic (exact) mass is 204 g/mol. The first kappa shape index (κ1) is 11.9. The van der Waals surface area contributed by atoms with E-state index in [4.69, 9.17) is 19.3 Å². The van der Waals surface area contributed by atoms with E-state index in [1.54, 1.807) is 0 Å². The average Bonchev–Trinajstić information content (AvgIpc) is 2.20. The summed E-state index contributed by atoms with van der Waals surface area (Å²) in [4.78, 5) is 0. The Kier molecular flexibility index (Phi) is 6.10. The molecule has 1 N–H and O–H groups in total. The first-order valence-electron chi connectivity index (χ1n) is 5.28. The molecule has 1 unspecified atom stereocenters. The van der Waals surface area contributed by atoms with Gasteiger partial charge in [-0.3, -0.25) is 0 Å². The van der Waals surface area contributed by atoms with Gasteiger partial charge >= 0.3 is 0 Å². The molecule has 0 aromatic heterocycles. The number of ether oxygens (including phenoxy) is 3. The molecule has 0 aliphatic carbocycles. The first-order chi connectivity index (χ1) is 6.83. The largest absolute Gasteiger partial charge is 0.396 e. The highest BCUT2D eigenvalue weighted by Crippen LogP contribution is 2.12. The molecule has 0 saturated carbocycles. The number of hydrogen-bond donors (Lipinski definition) is 1. The minimum absolute atomic E-state index is 0.104. The zero-order valence-corrected chi connectivity index (χ0v) is 8.78. The van der Waals surface area contributed by atoms with Crippen LogP contribution in [0.3, 0.4) is 0 Å². The Morgan fingerprint density at radius 2 is 2.14 bits per heavy atom. The average molecular weight is 204 g/mol. The third kappa shape index (κ3) is 4.91. The fraction of sp³-hybridized carbons (Fsp3) is 1.00. The van der Waals surface area contributed by atoms with Crippen LogP contribution in [0.4, 0.5) is 0 Å². The molecule has 0 aromatic carbocycles. The summed E-state index contributed by atoms with van der Waals surface area (Å²) in [5.74, 6) is 0. The molecule has 84 valence electrons. The van der Waals surface area contributed by atoms with Gasteiger partial charge in [0, 0.05) is 19.6 Å². The lowest BCUT2D eigenvalue weighted by molar-refractivity contribution is -0.193. The summed E-state index contributed by atoms with van der Waals surface area (Å²) in [6.45, 7) is 4.36. The molecule has 1 rings (SSSR count). The standard InChI is InChI=1S/C10H20O4/c1-9(12-5-2-4-11)8-10-13-6-3-7-14-10/h9-11H,2-8H2,1H3. The molecular formula is C10H20O4. The summed E-state index contributed by atoms with van der Waals surface area (Å²) >= 11 is 0. The van der Waals surface area contributed by atoms with E-state index in [9.17, 15) is 0 Å². The Hall–Kier alpha value is -0.160. The van der Waals surface area contributed by atoms with Crippen molar-refractivity contribution in [2.24, 2.45) is 0 Å². The summed E-state index contributed by atoms with van der Waals surface area (Å²) in [5, 5.41) is 8.57. The van der Waals surface area contributed by atoms with Gasteiger partial charge in [-0.25, -0.2) is 0 Å². The highest BCUT2D eigenvalue weighted by atomic mass is 16.7. The molecule has 1 atom stereocenters. The Bertz CT molecular complexity index is 134. The van der Waals surface area contributed by atoms with Gasteiger partial charge in [0.05, 0.1) is 19.3 Å². The van der Waals surface area contributed by atoms with Crippen LogP contribution in [0.2, 0.25) is 0 Å². The van der Waals surface area contributed by atoms with Gasteiger partial charge in [-0.2, -0.15) is 0 Å². The lowest BCUT2D eigenvalue weighted by atomic mass is 10.2. The quantitative estimate of drug-likeness (QED) is 0.654. The van der Waals surface area contributed by atoms with Crippen molar-refractivity contribution in [3.05, 3.63) is 0 Å². The zero-order chi connectivity index (χ0) is 10.2. The fourth-order valence-corrected chi connectivity index (χ4v) is 1.36. The summed E-state index contributed by atoms with van der Waals surface area (Å²) in [6.07, 6.45) is 2.47. The lowest BCUT2D eigenvalue weighted by Gasteiger charge is -2.25. The molecule has 1 saturated heterocycles. The van der Waals surface area contributed by atoms with E-state index in [0.29, 0.717) is 13.0 Å². The van der Waals surface area contributed by atoms with Crippen molar-refractivity contribution in [1.29, 1.82) is 0 Å². The van der Waals surface area contributed by atoms with Crippen LogP contribution in [0.25, 0.3) is 0 Å². The van der Waals surface area contributed by atoms with Crippen LogP contribution in [0.15, 0.2) is 0 Å². The second kappa shape index (κ2) is 7.17. The van der Waals surface area contributed by atoms with Crippen molar-refractivity contribution in [3.63, 3.8) is 0 Å². The van der Waals surface area contributed by atoms with Crippen LogP contribution in [-0.2, 0) is 14.2 Å². The van der Waals surface area contributed by atoms with Crippen molar-refractivity contribution in [3.8, 4) is 0 Å². The molecule has 0 spiro atoms. The third-order valence-corrected chi connectivity index (χ3v) is 2.13. The van der Waals surface area contributed by atoms with E-state index < -0.39 is 0 Å². The van der Waals surface area contributed by atoms with E-state index in [1.165, 1.54) is 0 Å². The first-order valence-corrected chi connectivity index (χ1v) is 5.28. The van der Waals surface area contributed by atoms with E-state index in [1.807, 2.05) is 6.92 Å². The lowest BCUT2D eigenvalue weighted by Crippen LogP contribution is -2.29. The summed E-state index contributed by atoms with van der Waals surface area (Å²) in [7, 11) is 0. The molecular weight excluding hydrogens is 184 g/mol. The molecule has 1 heterocycles. The molecule has 1 aliphatic heterocycles. The van der Waals surface area contributed by atoms with Crippen LogP contribution in [0.1, 0.15) is 26.2 Å². The summed E-state index contributed by atoms with van der Waals surface area (Å²) < 4.78 is 16.3. The molecule has 1 fully saturated rings. The van der Waals surface area contributed by atoms with Crippen LogP contribution >= 0.6 is 0 Å². The van der Waals surface area contributed by atoms with Crippen molar-refractivity contribution >= 4 is 0 Å². The minimum Gasteiger partial charge on any atom is -0.396 e. The van der Waals surface area contributed by atoms with E-state index in [2.05, 4.69) is 0 Å². The highest BCUT2D eigenvalue weighted by Gasteiger charge is 2.17. The maximum Gasteiger partial charge on any atom is 0.160 e. The van der Waals surface area contributed by atoms with Gasteiger partial charge in [0.1, 0.15) is 0 Å². The van der Waals surface area contributed by atoms with Gasteiger partial charge in [-0.1, -0.05) is 0 Å². The third-order valence-electron chi connectivity index (χ3n) is 2.13. The molecule has 0 amide bonds. The smallest absolute Gasteiger partial charge is 0.160 e. The van der Waals surface area contributed by atoms with Gasteiger partial charge in [0.15, 0.2) is 6.29 Å². The predicted molar refractivity (Wildman–Crippen MR) is 52.0 cm³/mol. The Morgan fingerprint density at radius 1 is 1.43 bits per heavy atom. The topological polar surface area (TPSA) is 47.9 Å². The molecule has 4 heteroatoms. The van der Waals surface area contributed by atoms with Gasteiger partial charge in [0.2, 0.25) is 0 Å². The van der Waals surface area contributed by atoms with Crippen LogP contribution in [-0.4, -0.2) is 43.9 Å². The minimum atomic E-state index is -0.104. The maximum atomic E-state index is 8.57. The SMILES string of the molecule is CC(CC1OCCCO1)OCCCO. The Labute approximate surface area is 85.2 Å². The molecule has 1 aliphatic rings. The highest BCUT2D eigenvalue weighted by molar-refractivity contribution is 4.58. The number of aliphatic hydroxyl groups is 1. The fourth-order valence-electron chi connectivity index (χ4n) is 1.36. The summed E-state index contributed by atoms with van der Waals surface area (Å²) in [5.41, 5.74) is 0. The van der Waals surface area contributed by atoms with Crippen molar-refractivity contribution in [2.75, 3.05) is 26.4 Å². The Morgan fingerprint density at radius 3 is 2.79 bits per heavy atom. The molecule has 4 nitrogen and oxygen atoms in total. The molecule has 0 bridgehead atoms. The second-order valence-electron chi connectivity index (χ2n) is 3.52. The normalized spacial score (nSPS) is 21.0. The zero-order valence-electron chi connectivity index (χ0n) is 8.78. The molecule has 0 radical (unpaired) electrons. The van der Waals surface area contributed by atoms with Gasteiger partial charge in [-0.05, 0) is 19.8 Å². The number of rotatable bonds is 6. The van der Waals surface area contributed by atoms with E-state index in [-0.39, 0.29) is 19.0 Å². The van der Waals surface area contributed by atoms with E-state index >= 15 is 0 Å². The van der Waals surface area contributed by atoms with Gasteiger partial charge in [-0.15, -0.1) is 0 Å². The molecule has 0 aromatic rings. The van der Waals surface area contributed by atoms with Crippen LogP contribution < -0.4 is 0 Å². The number of hydrogen-bond acceptors (Lipinski definition) is 4. The maximum absolute atomic E-state index is 8.57. The summed E-state index contributed by atoms with van der Waals surface area (Å²) in [6, 6.07) is 0. The van der Waals surface area contributed by atoms with Crippen LogP contribution in [0.5, 0.6) is 0 Å². The van der Waals surface area contributed by atoms with Crippen molar-refractivity contribution in [1.82, 2.24) is 0 Å². The van der Waals surface area contributed by atoms with Crippen molar-refractivity contribution < 1.29 is 19.3 Å². The van der Waals surface area contributed by atoms with Crippen LogP contribution in [0, 0.1) is 0 Å². The second-order valence-corrected chi connectivity index (χ2v) is 3.52. The van der Waals surface area contributed by atoms with Crippen molar-refractivity contribution in [2.45, 2.75) is 38.6 Å². The Balaban J connectivity index is 2.03. The predicted octanol–water partition coefficient (Wildman–Crippen LogP) is 0.927. The van der Waals surface area contributed by atoms with Gasteiger partial charge < -0.3 is 19.3 Å². The van der Waals surface area contributed by atoms with Gasteiger partial charge in [0.25, 0.3) is 0 Å². The molecule has 14 heavy (non-hydrogen) atoms. The van der Waals surface area contributed by atoms with E-state index in [0.717, 1.165) is 26.1 Å².